The summed E-state index contributed by atoms with van der Waals surface area (Å²) in [5.41, 5.74) is 3.47. The van der Waals surface area contributed by atoms with E-state index in [0.29, 0.717) is 0 Å². The molecule has 0 aromatic rings. The molecule has 76 valence electrons. The van der Waals surface area contributed by atoms with Crippen molar-refractivity contribution < 1.29 is 0 Å². The van der Waals surface area contributed by atoms with Crippen LogP contribution in [-0.2, 0) is 0 Å². The fourth-order valence-corrected chi connectivity index (χ4v) is 1.05. The molecule has 4 heteroatoms. The summed E-state index contributed by atoms with van der Waals surface area (Å²) in [5.74, 6) is 0. The predicted octanol–water partition coefficient (Wildman–Crippen LogP) is 2.23. The molecule has 0 amide bonds. The van der Waals surface area contributed by atoms with Gasteiger partial charge in [0.1, 0.15) is 0 Å². The van der Waals surface area contributed by atoms with Crippen molar-refractivity contribution in [1.82, 2.24) is 10.4 Å². The monoisotopic (exact) mass is 214 g/mol. The second kappa shape index (κ2) is 8.11. The summed E-state index contributed by atoms with van der Waals surface area (Å²) >= 11 is 0. The van der Waals surface area contributed by atoms with Gasteiger partial charge in [0.25, 0.3) is 0 Å². The predicted molar refractivity (Wildman–Crippen MR) is 58.2 cm³/mol. The van der Waals surface area contributed by atoms with Crippen LogP contribution in [0.2, 0.25) is 0 Å². The van der Waals surface area contributed by atoms with Crippen LogP contribution in [0.15, 0.2) is 0 Å². The lowest BCUT2D eigenvalue weighted by molar-refractivity contribution is 0.194. The molecule has 1 aliphatic carbocycles. The van der Waals surface area contributed by atoms with Crippen molar-refractivity contribution in [2.24, 2.45) is 0 Å². The molecule has 1 aliphatic rings. The summed E-state index contributed by atoms with van der Waals surface area (Å²) in [6.07, 6.45) is 3.99. The summed E-state index contributed by atoms with van der Waals surface area (Å²) in [6, 6.07) is 0.812. The number of hydrogen-bond donors (Lipinski definition) is 1. The smallest absolute Gasteiger partial charge is 0.0216 e. The topological polar surface area (TPSA) is 15.3 Å². The minimum atomic E-state index is 0. The zero-order valence-electron chi connectivity index (χ0n) is 7.88. The van der Waals surface area contributed by atoms with Crippen molar-refractivity contribution in [3.05, 3.63) is 0 Å². The van der Waals surface area contributed by atoms with E-state index >= 15 is 0 Å². The first-order valence-corrected chi connectivity index (χ1v) is 4.38. The Kier molecular flexibility index (Phi) is 10.1. The Balaban J connectivity index is 0. The van der Waals surface area contributed by atoms with Gasteiger partial charge in [-0.25, -0.2) is 5.01 Å². The third kappa shape index (κ3) is 6.06. The third-order valence-electron chi connectivity index (χ3n) is 1.82. The first-order chi connectivity index (χ1) is 4.86. The first-order valence-electron chi connectivity index (χ1n) is 4.38. The molecule has 1 saturated carbocycles. The Labute approximate surface area is 87.9 Å². The molecule has 0 unspecified atom stereocenters. The number of rotatable bonds is 5. The van der Waals surface area contributed by atoms with Crippen LogP contribution >= 0.6 is 24.8 Å². The molecule has 0 aliphatic heterocycles. The minimum absolute atomic E-state index is 0. The summed E-state index contributed by atoms with van der Waals surface area (Å²) < 4.78 is 0. The maximum Gasteiger partial charge on any atom is 0.0216 e. The summed E-state index contributed by atoms with van der Waals surface area (Å²) in [5, 5.41) is 2.32. The van der Waals surface area contributed by atoms with Gasteiger partial charge in [0.05, 0.1) is 0 Å². The summed E-state index contributed by atoms with van der Waals surface area (Å²) in [7, 11) is 0. The Bertz CT molecular complexity index is 97.1. The number of halogens is 2. The zero-order chi connectivity index (χ0) is 7.40. The molecular formula is C8H20Cl2N2. The molecule has 0 bridgehead atoms. The van der Waals surface area contributed by atoms with E-state index in [1.807, 2.05) is 0 Å². The van der Waals surface area contributed by atoms with Gasteiger partial charge < -0.3 is 0 Å². The average molecular weight is 215 g/mol. The van der Waals surface area contributed by atoms with E-state index in [1.165, 1.54) is 25.8 Å². The van der Waals surface area contributed by atoms with Gasteiger partial charge in [0.15, 0.2) is 0 Å². The number of hydrazine groups is 1. The van der Waals surface area contributed by atoms with Crippen LogP contribution in [0, 0.1) is 0 Å². The van der Waals surface area contributed by atoms with Gasteiger partial charge >= 0.3 is 0 Å². The quantitative estimate of drug-likeness (QED) is 0.707. The van der Waals surface area contributed by atoms with Gasteiger partial charge in [0, 0.05) is 19.1 Å². The second-order valence-electron chi connectivity index (χ2n) is 2.98. The molecule has 1 N–H and O–H groups in total. The van der Waals surface area contributed by atoms with Crippen molar-refractivity contribution in [2.75, 3.05) is 13.1 Å². The van der Waals surface area contributed by atoms with E-state index in [0.717, 1.165) is 12.6 Å². The Hall–Kier alpha value is 0.500. The van der Waals surface area contributed by atoms with Crippen molar-refractivity contribution in [3.8, 4) is 0 Å². The first kappa shape index (κ1) is 15.0. The summed E-state index contributed by atoms with van der Waals surface area (Å²) in [4.78, 5) is 0. The van der Waals surface area contributed by atoms with Gasteiger partial charge in [-0.05, 0) is 19.3 Å². The van der Waals surface area contributed by atoms with E-state index in [2.05, 4.69) is 24.3 Å². The van der Waals surface area contributed by atoms with Crippen molar-refractivity contribution in [3.63, 3.8) is 0 Å². The molecule has 2 nitrogen and oxygen atoms in total. The molecule has 0 heterocycles. The lowest BCUT2D eigenvalue weighted by Gasteiger charge is -2.20. The lowest BCUT2D eigenvalue weighted by atomic mass is 10.4. The van der Waals surface area contributed by atoms with E-state index in [1.54, 1.807) is 0 Å². The minimum Gasteiger partial charge on any atom is -0.252 e. The molecule has 1 fully saturated rings. The molecule has 0 aromatic carbocycles. The van der Waals surface area contributed by atoms with Crippen LogP contribution < -0.4 is 5.43 Å². The maximum absolute atomic E-state index is 3.47. The van der Waals surface area contributed by atoms with Crippen LogP contribution in [-0.4, -0.2) is 24.1 Å². The number of nitrogens with zero attached hydrogens (tertiary/aromatic N) is 1. The van der Waals surface area contributed by atoms with E-state index in [9.17, 15) is 0 Å². The van der Waals surface area contributed by atoms with Crippen molar-refractivity contribution in [1.29, 1.82) is 0 Å². The van der Waals surface area contributed by atoms with Gasteiger partial charge in [-0.15, -0.1) is 24.8 Å². The van der Waals surface area contributed by atoms with Crippen molar-refractivity contribution >= 4 is 24.8 Å². The SMILES string of the molecule is CCCN(CC)NC1CC1.Cl.Cl. The van der Waals surface area contributed by atoms with E-state index in [-0.39, 0.29) is 24.8 Å². The average Bonchev–Trinajstić information content (AvgIpc) is 2.71. The Morgan fingerprint density at radius 2 is 1.83 bits per heavy atom. The molecule has 0 aromatic heterocycles. The van der Waals surface area contributed by atoms with E-state index < -0.39 is 0 Å². The van der Waals surface area contributed by atoms with Gasteiger partial charge in [0.2, 0.25) is 0 Å². The van der Waals surface area contributed by atoms with Gasteiger partial charge in [-0.3, -0.25) is 5.43 Å². The number of nitrogens with one attached hydrogen (secondary N) is 1. The highest BCUT2D eigenvalue weighted by Crippen LogP contribution is 2.18. The third-order valence-corrected chi connectivity index (χ3v) is 1.82. The van der Waals surface area contributed by atoms with Crippen LogP contribution in [0.1, 0.15) is 33.1 Å². The Morgan fingerprint density at radius 1 is 1.25 bits per heavy atom. The number of hydrogen-bond acceptors (Lipinski definition) is 2. The van der Waals surface area contributed by atoms with Crippen LogP contribution in [0.5, 0.6) is 0 Å². The molecule has 0 radical (unpaired) electrons. The molecular weight excluding hydrogens is 195 g/mol. The maximum atomic E-state index is 3.47. The van der Waals surface area contributed by atoms with Crippen LogP contribution in [0.3, 0.4) is 0 Å². The normalized spacial score (nSPS) is 15.2. The van der Waals surface area contributed by atoms with Gasteiger partial charge in [-0.1, -0.05) is 13.8 Å². The standard InChI is InChI=1S/C8H18N2.2ClH/c1-3-7-10(4-2)9-8-5-6-8;;/h8-9H,3-7H2,1-2H3;2*1H. The van der Waals surface area contributed by atoms with Crippen molar-refractivity contribution in [2.45, 2.75) is 39.2 Å². The molecule has 0 atom stereocenters. The highest BCUT2D eigenvalue weighted by molar-refractivity contribution is 5.85. The molecule has 0 spiro atoms. The van der Waals surface area contributed by atoms with Gasteiger partial charge in [-0.2, -0.15) is 0 Å². The fraction of sp³-hybridized carbons (Fsp3) is 1.00. The molecule has 0 saturated heterocycles. The highest BCUT2D eigenvalue weighted by Gasteiger charge is 2.22. The lowest BCUT2D eigenvalue weighted by Crippen LogP contribution is -2.39. The van der Waals surface area contributed by atoms with Crippen LogP contribution in [0.4, 0.5) is 0 Å². The summed E-state index contributed by atoms with van der Waals surface area (Å²) in [6.45, 7) is 6.74. The molecule has 12 heavy (non-hydrogen) atoms. The largest absolute Gasteiger partial charge is 0.252 e. The fourth-order valence-electron chi connectivity index (χ4n) is 1.05. The van der Waals surface area contributed by atoms with E-state index in [4.69, 9.17) is 0 Å². The van der Waals surface area contributed by atoms with Crippen LogP contribution in [0.25, 0.3) is 0 Å². The Morgan fingerprint density at radius 3 is 2.17 bits per heavy atom. The second-order valence-corrected chi connectivity index (χ2v) is 2.98. The molecule has 1 rings (SSSR count). The highest BCUT2D eigenvalue weighted by atomic mass is 35.5. The zero-order valence-corrected chi connectivity index (χ0v) is 9.51.